The summed E-state index contributed by atoms with van der Waals surface area (Å²) >= 11 is 9.22. The molecule has 1 aliphatic heterocycles. The van der Waals surface area contributed by atoms with Crippen LogP contribution in [-0.4, -0.2) is 47.0 Å². The minimum absolute atomic E-state index is 0.129. The Labute approximate surface area is 133 Å². The molecule has 3 amide bonds. The minimum atomic E-state index is -1.19. The van der Waals surface area contributed by atoms with Gasteiger partial charge in [0.1, 0.15) is 12.6 Å². The lowest BCUT2D eigenvalue weighted by Crippen LogP contribution is -2.60. The van der Waals surface area contributed by atoms with Gasteiger partial charge in [-0.25, -0.2) is 9.59 Å². The van der Waals surface area contributed by atoms with E-state index >= 15 is 0 Å². The monoisotopic (exact) mass is 375 g/mol. The Morgan fingerprint density at radius 3 is 2.81 bits per heavy atom. The highest BCUT2D eigenvalue weighted by atomic mass is 79.9. The van der Waals surface area contributed by atoms with E-state index in [1.165, 1.54) is 0 Å². The van der Waals surface area contributed by atoms with Crippen LogP contribution >= 0.6 is 27.5 Å². The molecule has 1 heterocycles. The fourth-order valence-corrected chi connectivity index (χ4v) is 2.57. The number of carboxylic acid groups (broad SMARTS) is 1. The van der Waals surface area contributed by atoms with E-state index in [9.17, 15) is 14.4 Å². The van der Waals surface area contributed by atoms with Gasteiger partial charge in [-0.3, -0.25) is 9.69 Å². The first-order valence-electron chi connectivity index (χ1n) is 5.90. The van der Waals surface area contributed by atoms with Gasteiger partial charge in [0.05, 0.1) is 10.7 Å². The normalized spacial score (nSPS) is 18.1. The molecule has 0 bridgehead atoms. The number of benzene rings is 1. The predicted octanol–water partition coefficient (Wildman–Crippen LogP) is 1.52. The Bertz CT molecular complexity index is 610. The van der Waals surface area contributed by atoms with Gasteiger partial charge in [0, 0.05) is 11.0 Å². The third kappa shape index (κ3) is 3.64. The van der Waals surface area contributed by atoms with Crippen LogP contribution in [0.5, 0.6) is 0 Å². The van der Waals surface area contributed by atoms with Crippen LogP contribution in [0.4, 0.5) is 10.5 Å². The van der Waals surface area contributed by atoms with Crippen LogP contribution in [0.2, 0.25) is 5.02 Å². The van der Waals surface area contributed by atoms with Crippen LogP contribution in [0.3, 0.4) is 0 Å². The molecule has 112 valence electrons. The molecule has 0 radical (unpaired) electrons. The number of hydrogen-bond donors (Lipinski definition) is 3. The van der Waals surface area contributed by atoms with E-state index in [0.29, 0.717) is 10.7 Å². The van der Waals surface area contributed by atoms with Gasteiger partial charge < -0.3 is 15.7 Å². The fourth-order valence-electron chi connectivity index (χ4n) is 1.85. The van der Waals surface area contributed by atoms with E-state index in [0.717, 1.165) is 9.37 Å². The summed E-state index contributed by atoms with van der Waals surface area (Å²) in [5.41, 5.74) is 0.333. The van der Waals surface area contributed by atoms with Crippen LogP contribution in [0, 0.1) is 0 Å². The van der Waals surface area contributed by atoms with E-state index in [1.54, 1.807) is 18.2 Å². The first-order chi connectivity index (χ1) is 9.88. The minimum Gasteiger partial charge on any atom is -0.480 e. The van der Waals surface area contributed by atoms with E-state index in [1.807, 2.05) is 0 Å². The molecule has 0 aromatic heterocycles. The van der Waals surface area contributed by atoms with Crippen molar-refractivity contribution in [2.75, 3.05) is 18.4 Å². The van der Waals surface area contributed by atoms with E-state index in [2.05, 4.69) is 26.6 Å². The van der Waals surface area contributed by atoms with Crippen LogP contribution in [-0.2, 0) is 9.59 Å². The quantitative estimate of drug-likeness (QED) is 0.729. The molecule has 21 heavy (non-hydrogen) atoms. The number of carbonyl (C=O) groups is 3. The van der Waals surface area contributed by atoms with Crippen LogP contribution in [0.1, 0.15) is 0 Å². The second-order valence-corrected chi connectivity index (χ2v) is 5.66. The van der Waals surface area contributed by atoms with Gasteiger partial charge in [-0.2, -0.15) is 0 Å². The Morgan fingerprint density at radius 2 is 2.19 bits per heavy atom. The lowest BCUT2D eigenvalue weighted by atomic mass is 10.2. The highest BCUT2D eigenvalue weighted by Gasteiger charge is 2.35. The molecular formula is C12H11BrClN3O4. The summed E-state index contributed by atoms with van der Waals surface area (Å²) in [4.78, 5) is 35.6. The van der Waals surface area contributed by atoms with Gasteiger partial charge in [-0.15, -0.1) is 0 Å². The van der Waals surface area contributed by atoms with Crippen LogP contribution in [0.15, 0.2) is 22.7 Å². The number of anilines is 1. The van der Waals surface area contributed by atoms with Gasteiger partial charge in [0.25, 0.3) is 0 Å². The molecule has 1 aromatic carbocycles. The molecule has 1 atom stereocenters. The summed E-state index contributed by atoms with van der Waals surface area (Å²) in [6, 6.07) is 3.04. The van der Waals surface area contributed by atoms with Crippen LogP contribution < -0.4 is 10.6 Å². The molecule has 2 rings (SSSR count). The topological polar surface area (TPSA) is 98.7 Å². The number of carboxylic acids is 1. The zero-order valence-corrected chi connectivity index (χ0v) is 12.9. The highest BCUT2D eigenvalue weighted by Crippen LogP contribution is 2.26. The fraction of sp³-hybridized carbons (Fsp3) is 0.250. The van der Waals surface area contributed by atoms with Gasteiger partial charge in [-0.1, -0.05) is 27.5 Å². The molecule has 3 N–H and O–H groups in total. The highest BCUT2D eigenvalue weighted by molar-refractivity contribution is 9.10. The smallest absolute Gasteiger partial charge is 0.328 e. The van der Waals surface area contributed by atoms with Crippen molar-refractivity contribution in [2.24, 2.45) is 0 Å². The maximum absolute atomic E-state index is 12.2. The standard InChI is InChI=1S/C12H11BrClN3O4/c13-6-1-2-8(7(14)3-6)16-12(21)17-5-10(18)15-4-9(17)11(19)20/h1-3,9H,4-5H2,(H,15,18)(H,16,21)(H,19,20). The van der Waals surface area contributed by atoms with Crippen molar-refractivity contribution in [3.05, 3.63) is 27.7 Å². The van der Waals surface area contributed by atoms with Crippen molar-refractivity contribution < 1.29 is 19.5 Å². The summed E-state index contributed by atoms with van der Waals surface area (Å²) in [5.74, 6) is -1.60. The maximum atomic E-state index is 12.2. The summed E-state index contributed by atoms with van der Waals surface area (Å²) in [5, 5.41) is 14.3. The molecule has 0 spiro atoms. The molecular weight excluding hydrogens is 366 g/mol. The number of carbonyl (C=O) groups excluding carboxylic acids is 2. The summed E-state index contributed by atoms with van der Waals surface area (Å²) in [6.07, 6.45) is 0. The number of halogens is 2. The van der Waals surface area contributed by atoms with Crippen molar-refractivity contribution in [2.45, 2.75) is 6.04 Å². The predicted molar refractivity (Wildman–Crippen MR) is 79.3 cm³/mol. The Kier molecular flexibility index (Phi) is 4.69. The summed E-state index contributed by atoms with van der Waals surface area (Å²) in [7, 11) is 0. The number of hydrogen-bond acceptors (Lipinski definition) is 3. The maximum Gasteiger partial charge on any atom is 0.328 e. The van der Waals surface area contributed by atoms with Gasteiger partial charge in [0.2, 0.25) is 5.91 Å². The molecule has 9 heteroatoms. The molecule has 1 aliphatic rings. The third-order valence-electron chi connectivity index (χ3n) is 2.90. The third-order valence-corrected chi connectivity index (χ3v) is 3.71. The average Bonchev–Trinajstić information content (AvgIpc) is 2.41. The molecule has 1 saturated heterocycles. The number of rotatable bonds is 2. The van der Waals surface area contributed by atoms with Crippen molar-refractivity contribution in [1.82, 2.24) is 10.2 Å². The Hall–Kier alpha value is -1.80. The van der Waals surface area contributed by atoms with Crippen molar-refractivity contribution >= 4 is 51.1 Å². The van der Waals surface area contributed by atoms with Crippen molar-refractivity contribution in [1.29, 1.82) is 0 Å². The molecule has 1 aromatic rings. The van der Waals surface area contributed by atoms with Gasteiger partial charge >= 0.3 is 12.0 Å². The van der Waals surface area contributed by atoms with E-state index < -0.39 is 23.9 Å². The lowest BCUT2D eigenvalue weighted by molar-refractivity contribution is -0.144. The van der Waals surface area contributed by atoms with Crippen LogP contribution in [0.25, 0.3) is 0 Å². The lowest BCUT2D eigenvalue weighted by Gasteiger charge is -2.32. The number of amides is 3. The number of urea groups is 1. The second kappa shape index (κ2) is 6.31. The zero-order chi connectivity index (χ0) is 15.6. The second-order valence-electron chi connectivity index (χ2n) is 4.34. The molecule has 0 saturated carbocycles. The summed E-state index contributed by atoms with van der Waals surface area (Å²) in [6.45, 7) is -0.452. The van der Waals surface area contributed by atoms with Crippen molar-refractivity contribution in [3.8, 4) is 0 Å². The number of nitrogens with zero attached hydrogens (tertiary/aromatic N) is 1. The van der Waals surface area contributed by atoms with E-state index in [4.69, 9.17) is 16.7 Å². The number of aliphatic carboxylic acids is 1. The Balaban J connectivity index is 2.17. The SMILES string of the molecule is O=C1CN(C(=O)Nc2ccc(Br)cc2Cl)C(C(=O)O)CN1. The van der Waals surface area contributed by atoms with E-state index in [-0.39, 0.29) is 13.1 Å². The average molecular weight is 377 g/mol. The molecule has 0 aliphatic carbocycles. The first kappa shape index (κ1) is 15.6. The zero-order valence-electron chi connectivity index (χ0n) is 10.6. The van der Waals surface area contributed by atoms with Gasteiger partial charge in [0.15, 0.2) is 0 Å². The van der Waals surface area contributed by atoms with Gasteiger partial charge in [-0.05, 0) is 18.2 Å². The Morgan fingerprint density at radius 1 is 1.48 bits per heavy atom. The number of nitrogens with one attached hydrogen (secondary N) is 2. The van der Waals surface area contributed by atoms with Crippen molar-refractivity contribution in [3.63, 3.8) is 0 Å². The molecule has 1 unspecified atom stereocenters. The molecule has 7 nitrogen and oxygen atoms in total. The number of piperazine rings is 1. The first-order valence-corrected chi connectivity index (χ1v) is 7.08. The summed E-state index contributed by atoms with van der Waals surface area (Å²) < 4.78 is 0.742. The largest absolute Gasteiger partial charge is 0.480 e. The molecule has 1 fully saturated rings.